The molecule has 0 bridgehead atoms. The monoisotopic (exact) mass is 538 g/mol. The molecule has 204 valence electrons. The van der Waals surface area contributed by atoms with Gasteiger partial charge in [-0.1, -0.05) is 12.1 Å². The van der Waals surface area contributed by atoms with E-state index in [1.54, 1.807) is 49.8 Å². The molecule has 2 aromatic carbocycles. The zero-order valence-corrected chi connectivity index (χ0v) is 21.6. The summed E-state index contributed by atoms with van der Waals surface area (Å²) in [5.41, 5.74) is -0.0487. The lowest BCUT2D eigenvalue weighted by molar-refractivity contribution is -0.137. The Hall–Kier alpha value is -3.92. The van der Waals surface area contributed by atoms with Crippen molar-refractivity contribution in [1.82, 2.24) is 15.2 Å². The number of halogens is 3. The van der Waals surface area contributed by atoms with Crippen LogP contribution >= 0.6 is 0 Å². The summed E-state index contributed by atoms with van der Waals surface area (Å²) < 4.78 is 51.9. The van der Waals surface area contributed by atoms with Gasteiger partial charge >= 0.3 is 6.18 Å². The van der Waals surface area contributed by atoms with Crippen molar-refractivity contribution in [3.63, 3.8) is 0 Å². The van der Waals surface area contributed by atoms with Gasteiger partial charge in [-0.15, -0.1) is 10.2 Å². The van der Waals surface area contributed by atoms with E-state index in [4.69, 9.17) is 9.47 Å². The molecule has 0 spiro atoms. The van der Waals surface area contributed by atoms with E-state index in [1.807, 2.05) is 6.92 Å². The molecule has 2 aromatic heterocycles. The maximum atomic E-state index is 13.6. The van der Waals surface area contributed by atoms with Crippen LogP contribution in [-0.4, -0.2) is 39.0 Å². The number of benzene rings is 2. The number of alkyl halides is 3. The molecule has 0 amide bonds. The first-order valence-corrected chi connectivity index (χ1v) is 12.7. The molecular weight excluding hydrogens is 509 g/mol. The van der Waals surface area contributed by atoms with Gasteiger partial charge in [0.25, 0.3) is 0 Å². The normalized spacial score (nSPS) is 19.6. The highest BCUT2D eigenvalue weighted by atomic mass is 19.4. The van der Waals surface area contributed by atoms with E-state index in [9.17, 15) is 18.3 Å². The predicted molar refractivity (Wildman–Crippen MR) is 142 cm³/mol. The quantitative estimate of drug-likeness (QED) is 0.281. The maximum Gasteiger partial charge on any atom is 0.416 e. The van der Waals surface area contributed by atoms with Gasteiger partial charge in [-0.2, -0.15) is 13.2 Å². The average Bonchev–Trinajstić information content (AvgIpc) is 2.91. The first-order valence-electron chi connectivity index (χ1n) is 12.7. The third-order valence-electron chi connectivity index (χ3n) is 6.99. The molecular formula is C29H29F3N4O3. The van der Waals surface area contributed by atoms with E-state index < -0.39 is 17.3 Å². The van der Waals surface area contributed by atoms with Crippen molar-refractivity contribution < 1.29 is 27.8 Å². The molecule has 4 aromatic rings. The summed E-state index contributed by atoms with van der Waals surface area (Å²) in [5.74, 6) is 1.22. The summed E-state index contributed by atoms with van der Waals surface area (Å²) >= 11 is 0. The van der Waals surface area contributed by atoms with E-state index in [0.717, 1.165) is 37.0 Å². The molecule has 2 atom stereocenters. The standard InChI is InChI=1S/C29H29F3N4O3/c1-28(37)12-3-4-20(15-28)34-27-24-16-33-13-11-22(24)26(35-36-27)23-10-7-19(29(30,31)32)14-25(23)39-17-18-5-8-21(38-2)9-6-18/h5-11,13-14,16,20,37H,3-4,12,15,17H2,1-2H3,(H,34,36)/t20-,28+/m1/s1. The van der Waals surface area contributed by atoms with Gasteiger partial charge in [0, 0.05) is 34.8 Å². The number of nitrogens with one attached hydrogen (secondary N) is 1. The summed E-state index contributed by atoms with van der Waals surface area (Å²) in [7, 11) is 1.56. The van der Waals surface area contributed by atoms with Gasteiger partial charge in [-0.05, 0) is 74.6 Å². The van der Waals surface area contributed by atoms with E-state index in [0.29, 0.717) is 40.0 Å². The fourth-order valence-corrected chi connectivity index (χ4v) is 4.98. The highest BCUT2D eigenvalue weighted by Gasteiger charge is 2.32. The molecule has 2 heterocycles. The Morgan fingerprint density at radius 3 is 2.59 bits per heavy atom. The van der Waals surface area contributed by atoms with Gasteiger partial charge < -0.3 is 19.9 Å². The van der Waals surface area contributed by atoms with E-state index in [-0.39, 0.29) is 18.4 Å². The third-order valence-corrected chi connectivity index (χ3v) is 6.99. The lowest BCUT2D eigenvalue weighted by atomic mass is 9.83. The second-order valence-electron chi connectivity index (χ2n) is 10.1. The molecule has 2 N–H and O–H groups in total. The molecule has 1 aliphatic rings. The molecule has 39 heavy (non-hydrogen) atoms. The largest absolute Gasteiger partial charge is 0.497 e. The van der Waals surface area contributed by atoms with Gasteiger partial charge in [-0.3, -0.25) is 4.98 Å². The summed E-state index contributed by atoms with van der Waals surface area (Å²) in [6.07, 6.45) is 1.79. The maximum absolute atomic E-state index is 13.6. The number of methoxy groups -OCH3 is 1. The first-order chi connectivity index (χ1) is 18.6. The second-order valence-corrected chi connectivity index (χ2v) is 10.1. The van der Waals surface area contributed by atoms with Gasteiger partial charge in [-0.25, -0.2) is 0 Å². The topological polar surface area (TPSA) is 89.4 Å². The number of nitrogens with zero attached hydrogens (tertiary/aromatic N) is 3. The van der Waals surface area contributed by atoms with Crippen LogP contribution in [0.3, 0.4) is 0 Å². The minimum absolute atomic E-state index is 0.00626. The van der Waals surface area contributed by atoms with Crippen LogP contribution < -0.4 is 14.8 Å². The molecule has 0 saturated heterocycles. The number of hydrogen-bond acceptors (Lipinski definition) is 7. The Bertz CT molecular complexity index is 1460. The van der Waals surface area contributed by atoms with Crippen molar-refractivity contribution in [3.8, 4) is 22.8 Å². The number of ether oxygens (including phenoxy) is 2. The smallest absolute Gasteiger partial charge is 0.416 e. The number of aromatic nitrogens is 3. The Balaban J connectivity index is 1.52. The van der Waals surface area contributed by atoms with Crippen LogP contribution in [0.5, 0.6) is 11.5 Å². The molecule has 1 aliphatic carbocycles. The highest BCUT2D eigenvalue weighted by Crippen LogP contribution is 2.40. The number of aliphatic hydroxyl groups is 1. The van der Waals surface area contributed by atoms with Crippen LogP contribution in [0.2, 0.25) is 0 Å². The predicted octanol–water partition coefficient (Wildman–Crippen LogP) is 6.40. The third kappa shape index (κ3) is 6.06. The first kappa shape index (κ1) is 26.7. The second kappa shape index (κ2) is 10.7. The highest BCUT2D eigenvalue weighted by molar-refractivity contribution is 6.00. The molecule has 5 rings (SSSR count). The van der Waals surface area contributed by atoms with Gasteiger partial charge in [0.2, 0.25) is 0 Å². The minimum Gasteiger partial charge on any atom is -0.497 e. The van der Waals surface area contributed by atoms with Crippen LogP contribution in [0.15, 0.2) is 60.9 Å². The number of anilines is 1. The van der Waals surface area contributed by atoms with Crippen LogP contribution in [0.1, 0.15) is 43.7 Å². The van der Waals surface area contributed by atoms with Crippen LogP contribution in [-0.2, 0) is 12.8 Å². The van der Waals surface area contributed by atoms with Crippen molar-refractivity contribution in [2.45, 2.75) is 57.0 Å². The lowest BCUT2D eigenvalue weighted by Crippen LogP contribution is -2.38. The molecule has 0 radical (unpaired) electrons. The zero-order valence-electron chi connectivity index (χ0n) is 21.6. The fraction of sp³-hybridized carbons (Fsp3) is 0.345. The van der Waals surface area contributed by atoms with Gasteiger partial charge in [0.15, 0.2) is 5.82 Å². The van der Waals surface area contributed by atoms with Crippen molar-refractivity contribution in [1.29, 1.82) is 0 Å². The molecule has 0 aliphatic heterocycles. The number of rotatable bonds is 7. The molecule has 1 saturated carbocycles. The Kier molecular flexibility index (Phi) is 7.31. The minimum atomic E-state index is -4.54. The summed E-state index contributed by atoms with van der Waals surface area (Å²) in [4.78, 5) is 4.24. The van der Waals surface area contributed by atoms with Crippen molar-refractivity contribution in [2.75, 3.05) is 12.4 Å². The molecule has 1 fully saturated rings. The van der Waals surface area contributed by atoms with E-state index in [1.165, 1.54) is 6.07 Å². The van der Waals surface area contributed by atoms with Gasteiger partial charge in [0.05, 0.1) is 18.3 Å². The average molecular weight is 539 g/mol. The van der Waals surface area contributed by atoms with E-state index in [2.05, 4.69) is 20.5 Å². The molecule has 10 heteroatoms. The summed E-state index contributed by atoms with van der Waals surface area (Å²) in [6, 6.07) is 12.2. The van der Waals surface area contributed by atoms with E-state index >= 15 is 0 Å². The SMILES string of the molecule is COc1ccc(COc2cc(C(F)(F)F)ccc2-c2nnc(N[C@@H]3CCC[C@](C)(O)C3)c3cnccc23)cc1. The Morgan fingerprint density at radius 1 is 1.08 bits per heavy atom. The summed E-state index contributed by atoms with van der Waals surface area (Å²) in [6.45, 7) is 1.87. The zero-order chi connectivity index (χ0) is 27.6. The summed E-state index contributed by atoms with van der Waals surface area (Å²) in [5, 5.41) is 24.1. The van der Waals surface area contributed by atoms with Crippen molar-refractivity contribution in [2.24, 2.45) is 0 Å². The van der Waals surface area contributed by atoms with Crippen LogP contribution in [0.4, 0.5) is 19.0 Å². The Labute approximate surface area is 224 Å². The van der Waals surface area contributed by atoms with Crippen LogP contribution in [0.25, 0.3) is 22.0 Å². The van der Waals surface area contributed by atoms with Crippen LogP contribution in [0, 0.1) is 0 Å². The molecule has 7 nitrogen and oxygen atoms in total. The number of fused-ring (bicyclic) bond motifs is 1. The lowest BCUT2D eigenvalue weighted by Gasteiger charge is -2.34. The van der Waals surface area contributed by atoms with Crippen molar-refractivity contribution >= 4 is 16.6 Å². The number of hydrogen-bond donors (Lipinski definition) is 2. The Morgan fingerprint density at radius 2 is 1.87 bits per heavy atom. The van der Waals surface area contributed by atoms with Gasteiger partial charge in [0.1, 0.15) is 23.8 Å². The number of pyridine rings is 1. The fourth-order valence-electron chi connectivity index (χ4n) is 4.98. The molecule has 0 unspecified atom stereocenters. The van der Waals surface area contributed by atoms with Crippen molar-refractivity contribution in [3.05, 3.63) is 72.1 Å².